The van der Waals surface area contributed by atoms with Crippen LogP contribution in [0.4, 0.5) is 0 Å². The molecule has 0 spiro atoms. The fraction of sp³-hybridized carbons (Fsp3) is 0.212. The standard InChI is InChI=1S/C33H32ClNO4S/c1-22-6-3-4-9-28(22)30-20-24(14-17-29(30)32(36)35-31(33(37)38)18-19-40-2)11-10-23-12-15-26(16-13-23)39-27-8-5-7-25(34)21-27/h3-9,12-17,20-21,31H,10-11,18-19H2,1-2H3,(H,35,36)(H,37,38)/t31-/m0/s1. The largest absolute Gasteiger partial charge is 0.480 e. The number of nitrogens with one attached hydrogen (secondary N) is 1. The summed E-state index contributed by atoms with van der Waals surface area (Å²) in [6.07, 6.45) is 3.87. The zero-order valence-electron chi connectivity index (χ0n) is 22.5. The maximum Gasteiger partial charge on any atom is 0.326 e. The first-order chi connectivity index (χ1) is 19.3. The first-order valence-corrected chi connectivity index (χ1v) is 14.8. The van der Waals surface area contributed by atoms with Gasteiger partial charge in [-0.05, 0) is 102 Å². The molecule has 0 aliphatic rings. The van der Waals surface area contributed by atoms with Gasteiger partial charge < -0.3 is 15.2 Å². The third-order valence-electron chi connectivity index (χ3n) is 6.64. The minimum absolute atomic E-state index is 0.364. The highest BCUT2D eigenvalue weighted by Gasteiger charge is 2.22. The minimum Gasteiger partial charge on any atom is -0.480 e. The molecule has 1 atom stereocenters. The monoisotopic (exact) mass is 573 g/mol. The minimum atomic E-state index is -1.03. The van der Waals surface area contributed by atoms with Crippen molar-refractivity contribution in [2.75, 3.05) is 12.0 Å². The van der Waals surface area contributed by atoms with E-state index in [0.717, 1.165) is 46.4 Å². The van der Waals surface area contributed by atoms with Gasteiger partial charge in [-0.25, -0.2) is 4.79 Å². The number of ether oxygens (including phenoxy) is 1. The maximum absolute atomic E-state index is 13.3. The van der Waals surface area contributed by atoms with Gasteiger partial charge in [-0.1, -0.05) is 66.2 Å². The van der Waals surface area contributed by atoms with Gasteiger partial charge in [0.15, 0.2) is 0 Å². The van der Waals surface area contributed by atoms with Gasteiger partial charge in [0.25, 0.3) is 5.91 Å². The van der Waals surface area contributed by atoms with Gasteiger partial charge in [0.1, 0.15) is 17.5 Å². The molecular weight excluding hydrogens is 542 g/mol. The van der Waals surface area contributed by atoms with Gasteiger partial charge in [-0.3, -0.25) is 4.79 Å². The number of amides is 1. The van der Waals surface area contributed by atoms with Crippen molar-refractivity contribution in [2.24, 2.45) is 0 Å². The zero-order chi connectivity index (χ0) is 28.5. The molecule has 4 aromatic rings. The van der Waals surface area contributed by atoms with Crippen molar-refractivity contribution in [2.45, 2.75) is 32.2 Å². The summed E-state index contributed by atoms with van der Waals surface area (Å²) < 4.78 is 5.89. The average Bonchev–Trinajstić information content (AvgIpc) is 2.95. The second-order valence-corrected chi connectivity index (χ2v) is 11.0. The van der Waals surface area contributed by atoms with Crippen LogP contribution in [-0.2, 0) is 17.6 Å². The Labute approximate surface area is 244 Å². The predicted octanol–water partition coefficient (Wildman–Crippen LogP) is 7.83. The number of carboxylic acids is 1. The number of halogens is 1. The zero-order valence-corrected chi connectivity index (χ0v) is 24.1. The van der Waals surface area contributed by atoms with Gasteiger partial charge in [-0.15, -0.1) is 0 Å². The lowest BCUT2D eigenvalue weighted by atomic mass is 9.92. The van der Waals surface area contributed by atoms with Crippen LogP contribution < -0.4 is 10.1 Å². The number of rotatable bonds is 12. The van der Waals surface area contributed by atoms with Crippen LogP contribution >= 0.6 is 23.4 Å². The van der Waals surface area contributed by atoms with Gasteiger partial charge in [0.2, 0.25) is 0 Å². The third-order valence-corrected chi connectivity index (χ3v) is 7.51. The predicted molar refractivity (Wildman–Crippen MR) is 164 cm³/mol. The topological polar surface area (TPSA) is 75.6 Å². The molecule has 4 aromatic carbocycles. The maximum atomic E-state index is 13.3. The Kier molecular flexibility index (Phi) is 10.3. The molecule has 0 saturated carbocycles. The lowest BCUT2D eigenvalue weighted by Gasteiger charge is -2.18. The molecule has 4 rings (SSSR count). The Morgan fingerprint density at radius 1 is 0.875 bits per heavy atom. The second kappa shape index (κ2) is 14.1. The molecule has 0 heterocycles. The van der Waals surface area contributed by atoms with Gasteiger partial charge in [0, 0.05) is 10.6 Å². The van der Waals surface area contributed by atoms with E-state index in [1.807, 2.05) is 92.0 Å². The van der Waals surface area contributed by atoms with Crippen molar-refractivity contribution in [3.63, 3.8) is 0 Å². The molecule has 0 aliphatic carbocycles. The fourth-order valence-corrected chi connectivity index (χ4v) is 5.10. The lowest BCUT2D eigenvalue weighted by molar-refractivity contribution is -0.139. The van der Waals surface area contributed by atoms with Crippen LogP contribution in [0, 0.1) is 6.92 Å². The van der Waals surface area contributed by atoms with Crippen molar-refractivity contribution in [1.82, 2.24) is 5.32 Å². The molecule has 0 aliphatic heterocycles. The molecule has 1 amide bonds. The number of hydrogen-bond acceptors (Lipinski definition) is 4. The number of thioether (sulfide) groups is 1. The van der Waals surface area contributed by atoms with Crippen molar-refractivity contribution in [3.8, 4) is 22.6 Å². The highest BCUT2D eigenvalue weighted by atomic mass is 35.5. The number of aliphatic carboxylic acids is 1. The molecule has 0 saturated heterocycles. The van der Waals surface area contributed by atoms with Crippen LogP contribution in [-0.4, -0.2) is 35.0 Å². The van der Waals surface area contributed by atoms with E-state index in [0.29, 0.717) is 28.5 Å². The molecule has 2 N–H and O–H groups in total. The van der Waals surface area contributed by atoms with Crippen molar-refractivity contribution >= 4 is 35.2 Å². The number of benzene rings is 4. The van der Waals surface area contributed by atoms with Crippen molar-refractivity contribution < 1.29 is 19.4 Å². The number of carbonyl (C=O) groups excluding carboxylic acids is 1. The van der Waals surface area contributed by atoms with Crippen LogP contribution in [0.3, 0.4) is 0 Å². The Morgan fingerprint density at radius 2 is 1.60 bits per heavy atom. The molecule has 0 radical (unpaired) electrons. The molecule has 0 bridgehead atoms. The van der Waals surface area contributed by atoms with Crippen LogP contribution in [0.5, 0.6) is 11.5 Å². The fourth-order valence-electron chi connectivity index (χ4n) is 4.45. The molecule has 5 nitrogen and oxygen atoms in total. The smallest absolute Gasteiger partial charge is 0.326 e. The normalized spacial score (nSPS) is 11.6. The number of carboxylic acid groups (broad SMARTS) is 1. The molecule has 40 heavy (non-hydrogen) atoms. The summed E-state index contributed by atoms with van der Waals surface area (Å²) in [7, 11) is 0. The Balaban J connectivity index is 1.52. The van der Waals surface area contributed by atoms with Gasteiger partial charge >= 0.3 is 5.97 Å². The summed E-state index contributed by atoms with van der Waals surface area (Å²) in [5.41, 5.74) is 5.51. The third kappa shape index (κ3) is 7.90. The van der Waals surface area contributed by atoms with E-state index < -0.39 is 12.0 Å². The molecule has 206 valence electrons. The van der Waals surface area contributed by atoms with E-state index in [9.17, 15) is 14.7 Å². The summed E-state index contributed by atoms with van der Waals surface area (Å²) in [6.45, 7) is 2.01. The Morgan fingerprint density at radius 3 is 2.30 bits per heavy atom. The Bertz CT molecular complexity index is 1470. The van der Waals surface area contributed by atoms with Crippen molar-refractivity contribution in [3.05, 3.63) is 118 Å². The van der Waals surface area contributed by atoms with Crippen LogP contribution in [0.15, 0.2) is 91.0 Å². The molecule has 0 aromatic heterocycles. The van der Waals surface area contributed by atoms with Crippen LogP contribution in [0.1, 0.15) is 33.5 Å². The van der Waals surface area contributed by atoms with Gasteiger partial charge in [-0.2, -0.15) is 11.8 Å². The molecular formula is C33H32ClNO4S. The number of hydrogen-bond donors (Lipinski definition) is 2. The van der Waals surface area contributed by atoms with E-state index in [1.165, 1.54) is 0 Å². The van der Waals surface area contributed by atoms with Crippen LogP contribution in [0.25, 0.3) is 11.1 Å². The summed E-state index contributed by atoms with van der Waals surface area (Å²) in [4.78, 5) is 25.0. The number of aryl methyl sites for hydroxylation is 3. The van der Waals surface area contributed by atoms with E-state index in [-0.39, 0.29) is 5.91 Å². The summed E-state index contributed by atoms with van der Waals surface area (Å²) in [6, 6.07) is 28.1. The number of carbonyl (C=O) groups is 2. The van der Waals surface area contributed by atoms with Gasteiger partial charge in [0.05, 0.1) is 0 Å². The van der Waals surface area contributed by atoms with E-state index in [2.05, 4.69) is 5.32 Å². The van der Waals surface area contributed by atoms with Crippen LogP contribution in [0.2, 0.25) is 5.02 Å². The Hall–Kier alpha value is -3.74. The highest BCUT2D eigenvalue weighted by molar-refractivity contribution is 7.98. The van der Waals surface area contributed by atoms with Crippen molar-refractivity contribution in [1.29, 1.82) is 0 Å². The summed E-state index contributed by atoms with van der Waals surface area (Å²) in [5.74, 6) is 0.663. The van der Waals surface area contributed by atoms with E-state index in [4.69, 9.17) is 16.3 Å². The molecule has 0 unspecified atom stereocenters. The first-order valence-electron chi connectivity index (χ1n) is 13.1. The first kappa shape index (κ1) is 29.2. The average molecular weight is 574 g/mol. The molecule has 0 fully saturated rings. The quantitative estimate of drug-likeness (QED) is 0.181. The summed E-state index contributed by atoms with van der Waals surface area (Å²) >= 11 is 7.60. The van der Waals surface area contributed by atoms with E-state index in [1.54, 1.807) is 23.9 Å². The second-order valence-electron chi connectivity index (χ2n) is 9.54. The highest BCUT2D eigenvalue weighted by Crippen LogP contribution is 2.29. The van der Waals surface area contributed by atoms with E-state index >= 15 is 0 Å². The SMILES string of the molecule is CSCC[C@H](NC(=O)c1ccc(CCc2ccc(Oc3cccc(Cl)c3)cc2)cc1-c1ccccc1C)C(=O)O. The summed E-state index contributed by atoms with van der Waals surface area (Å²) in [5, 5.41) is 13.0. The lowest BCUT2D eigenvalue weighted by Crippen LogP contribution is -2.41. The molecule has 7 heteroatoms.